The molecule has 1 atom stereocenters. The molecule has 0 amide bonds. The van der Waals surface area contributed by atoms with E-state index in [2.05, 4.69) is 4.98 Å². The Bertz CT molecular complexity index is 1240. The second-order valence-electron chi connectivity index (χ2n) is 7.65. The lowest BCUT2D eigenvalue weighted by molar-refractivity contribution is 0.449. The summed E-state index contributed by atoms with van der Waals surface area (Å²) in [5.41, 5.74) is 3.61. The number of pyridine rings is 1. The molecular weight excluding hydrogens is 376 g/mol. The van der Waals surface area contributed by atoms with Gasteiger partial charge in [0.15, 0.2) is 5.65 Å². The van der Waals surface area contributed by atoms with Gasteiger partial charge in [0.1, 0.15) is 0 Å². The lowest BCUT2D eigenvalue weighted by atomic mass is 10.1. The van der Waals surface area contributed by atoms with Crippen LogP contribution in [0.2, 0.25) is 0 Å². The molecule has 5 rings (SSSR count). The van der Waals surface area contributed by atoms with Gasteiger partial charge in [-0.3, -0.25) is 9.13 Å². The zero-order valence-electron chi connectivity index (χ0n) is 15.7. The van der Waals surface area contributed by atoms with Crippen molar-refractivity contribution in [3.8, 4) is 0 Å². The highest BCUT2D eigenvalue weighted by atomic mass is 32.2. The van der Waals surface area contributed by atoms with E-state index >= 15 is 0 Å². The average Bonchev–Trinajstić information content (AvgIpc) is 3.41. The minimum Gasteiger partial charge on any atom is -0.293 e. The van der Waals surface area contributed by atoms with E-state index < -0.39 is 10.0 Å². The Morgan fingerprint density at radius 2 is 1.96 bits per heavy atom. The van der Waals surface area contributed by atoms with Gasteiger partial charge >= 0.3 is 5.69 Å². The van der Waals surface area contributed by atoms with Gasteiger partial charge in [0.25, 0.3) is 0 Å². The number of nitrogens with zero attached hydrogens (tertiary/aromatic N) is 4. The molecule has 8 heteroatoms. The van der Waals surface area contributed by atoms with Crippen LogP contribution in [-0.4, -0.2) is 39.9 Å². The standard InChI is InChI=1S/C20H22N4O3S/c1-22-18-6-3-10-21-19(18)24(20(22)25)16-9-11-23(13-16)28(26,27)17-8-7-14-4-2-5-15(14)12-17/h3,6-8,10,12,16H,2,4-5,9,11,13H2,1H3/t16-/m1/s1. The van der Waals surface area contributed by atoms with Gasteiger partial charge in [0.2, 0.25) is 10.0 Å². The molecule has 0 radical (unpaired) electrons. The van der Waals surface area contributed by atoms with Crippen molar-refractivity contribution in [3.63, 3.8) is 0 Å². The van der Waals surface area contributed by atoms with Gasteiger partial charge in [-0.05, 0) is 61.1 Å². The minimum absolute atomic E-state index is 0.157. The summed E-state index contributed by atoms with van der Waals surface area (Å²) in [5.74, 6) is 0. The molecule has 2 aromatic heterocycles. The molecule has 0 bridgehead atoms. The molecule has 1 aliphatic carbocycles. The van der Waals surface area contributed by atoms with Crippen molar-refractivity contribution in [1.29, 1.82) is 0 Å². The Morgan fingerprint density at radius 3 is 2.82 bits per heavy atom. The van der Waals surface area contributed by atoms with Gasteiger partial charge in [-0.15, -0.1) is 0 Å². The molecule has 2 aliphatic rings. The van der Waals surface area contributed by atoms with E-state index in [-0.39, 0.29) is 18.3 Å². The lowest BCUT2D eigenvalue weighted by Gasteiger charge is -2.17. The number of sulfonamides is 1. The molecule has 0 N–H and O–H groups in total. The molecule has 0 unspecified atom stereocenters. The molecule has 1 fully saturated rings. The van der Waals surface area contributed by atoms with Gasteiger partial charge < -0.3 is 0 Å². The fourth-order valence-electron chi connectivity index (χ4n) is 4.52. The summed E-state index contributed by atoms with van der Waals surface area (Å²) in [4.78, 5) is 17.5. The number of aromatic nitrogens is 3. The highest BCUT2D eigenvalue weighted by molar-refractivity contribution is 7.89. The maximum atomic E-state index is 13.2. The zero-order valence-corrected chi connectivity index (χ0v) is 16.5. The topological polar surface area (TPSA) is 77.2 Å². The molecule has 146 valence electrons. The number of benzene rings is 1. The minimum atomic E-state index is -3.57. The summed E-state index contributed by atoms with van der Waals surface area (Å²) in [6.45, 7) is 0.689. The third-order valence-corrected chi connectivity index (χ3v) is 7.91. The van der Waals surface area contributed by atoms with Gasteiger partial charge in [0.05, 0.1) is 16.5 Å². The Kier molecular flexibility index (Phi) is 3.96. The monoisotopic (exact) mass is 398 g/mol. The Hall–Kier alpha value is -2.45. The van der Waals surface area contributed by atoms with Gasteiger partial charge in [0, 0.05) is 26.3 Å². The molecule has 28 heavy (non-hydrogen) atoms. The molecule has 1 saturated heterocycles. The van der Waals surface area contributed by atoms with Crippen molar-refractivity contribution in [2.24, 2.45) is 7.05 Å². The van der Waals surface area contributed by atoms with Crippen molar-refractivity contribution in [3.05, 3.63) is 58.1 Å². The predicted octanol–water partition coefficient (Wildman–Crippen LogP) is 1.86. The summed E-state index contributed by atoms with van der Waals surface area (Å²) in [6, 6.07) is 8.94. The smallest absolute Gasteiger partial charge is 0.293 e. The van der Waals surface area contributed by atoms with Crippen molar-refractivity contribution in [2.45, 2.75) is 36.6 Å². The second-order valence-corrected chi connectivity index (χ2v) is 9.59. The molecular formula is C20H22N4O3S. The zero-order chi connectivity index (χ0) is 19.5. The predicted molar refractivity (Wildman–Crippen MR) is 106 cm³/mol. The van der Waals surface area contributed by atoms with Crippen LogP contribution in [0.1, 0.15) is 30.0 Å². The Balaban J connectivity index is 1.48. The average molecular weight is 398 g/mol. The molecule has 1 aromatic carbocycles. The van der Waals surface area contributed by atoms with E-state index in [1.807, 2.05) is 18.2 Å². The number of imidazole rings is 1. The van der Waals surface area contributed by atoms with Crippen LogP contribution >= 0.6 is 0 Å². The summed E-state index contributed by atoms with van der Waals surface area (Å²) < 4.78 is 31.1. The van der Waals surface area contributed by atoms with Crippen molar-refractivity contribution in [1.82, 2.24) is 18.4 Å². The summed E-state index contributed by atoms with van der Waals surface area (Å²) >= 11 is 0. The number of rotatable bonds is 3. The van der Waals surface area contributed by atoms with Gasteiger partial charge in [-0.25, -0.2) is 18.2 Å². The molecule has 3 aromatic rings. The SMILES string of the molecule is Cn1c(=O)n([C@@H]2CCN(S(=O)(=O)c3ccc4c(c3)CCC4)C2)c2ncccc21. The highest BCUT2D eigenvalue weighted by Crippen LogP contribution is 2.31. The van der Waals surface area contributed by atoms with Gasteiger partial charge in [-0.2, -0.15) is 4.31 Å². The highest BCUT2D eigenvalue weighted by Gasteiger charge is 2.35. The molecule has 3 heterocycles. The first kappa shape index (κ1) is 17.6. The Morgan fingerprint density at radius 1 is 1.14 bits per heavy atom. The number of hydrogen-bond acceptors (Lipinski definition) is 4. The van der Waals surface area contributed by atoms with Crippen LogP contribution in [0.3, 0.4) is 0 Å². The lowest BCUT2D eigenvalue weighted by Crippen LogP contribution is -2.32. The maximum Gasteiger partial charge on any atom is 0.330 e. The summed E-state index contributed by atoms with van der Waals surface area (Å²) in [5, 5.41) is 0. The van der Waals surface area contributed by atoms with Crippen LogP contribution in [0, 0.1) is 0 Å². The van der Waals surface area contributed by atoms with Crippen LogP contribution in [0.5, 0.6) is 0 Å². The van der Waals surface area contributed by atoms with Crippen LogP contribution in [0.25, 0.3) is 11.2 Å². The number of aryl methyl sites for hydroxylation is 3. The first-order chi connectivity index (χ1) is 13.5. The Labute approximate surface area is 163 Å². The van der Waals surface area contributed by atoms with E-state index in [9.17, 15) is 13.2 Å². The van der Waals surface area contributed by atoms with Crippen LogP contribution in [0.15, 0.2) is 46.2 Å². The summed E-state index contributed by atoms with van der Waals surface area (Å²) in [6.07, 6.45) is 5.31. The first-order valence-electron chi connectivity index (χ1n) is 9.61. The first-order valence-corrected chi connectivity index (χ1v) is 11.0. The number of hydrogen-bond donors (Lipinski definition) is 0. The van der Waals surface area contributed by atoms with E-state index in [1.165, 1.54) is 9.87 Å². The third-order valence-electron chi connectivity index (χ3n) is 6.05. The van der Waals surface area contributed by atoms with Crippen LogP contribution in [-0.2, 0) is 29.9 Å². The van der Waals surface area contributed by atoms with E-state index in [1.54, 1.807) is 34.5 Å². The second kappa shape index (κ2) is 6.28. The van der Waals surface area contributed by atoms with Gasteiger partial charge in [-0.1, -0.05) is 6.07 Å². The largest absolute Gasteiger partial charge is 0.330 e. The quantitative estimate of drug-likeness (QED) is 0.675. The van der Waals surface area contributed by atoms with Crippen LogP contribution < -0.4 is 5.69 Å². The molecule has 7 nitrogen and oxygen atoms in total. The van der Waals surface area contributed by atoms with Crippen molar-refractivity contribution in [2.75, 3.05) is 13.1 Å². The fourth-order valence-corrected chi connectivity index (χ4v) is 6.06. The molecule has 0 saturated carbocycles. The van der Waals surface area contributed by atoms with Crippen molar-refractivity contribution >= 4 is 21.2 Å². The summed E-state index contributed by atoms with van der Waals surface area (Å²) in [7, 11) is -1.85. The van der Waals surface area contributed by atoms with E-state index in [4.69, 9.17) is 0 Å². The molecule has 1 aliphatic heterocycles. The normalized spacial score (nSPS) is 20.1. The van der Waals surface area contributed by atoms with Crippen LogP contribution in [0.4, 0.5) is 0 Å². The fraction of sp³-hybridized carbons (Fsp3) is 0.400. The maximum absolute atomic E-state index is 13.2. The van der Waals surface area contributed by atoms with E-state index in [0.29, 0.717) is 23.5 Å². The van der Waals surface area contributed by atoms with E-state index in [0.717, 1.165) is 30.3 Å². The number of fused-ring (bicyclic) bond motifs is 2. The third kappa shape index (κ3) is 2.55. The molecule has 0 spiro atoms. The van der Waals surface area contributed by atoms with Crippen molar-refractivity contribution < 1.29 is 8.42 Å².